The molecule has 0 spiro atoms. The van der Waals surface area contributed by atoms with Crippen molar-refractivity contribution in [3.8, 4) is 0 Å². The van der Waals surface area contributed by atoms with Crippen molar-refractivity contribution >= 4 is 38.9 Å². The van der Waals surface area contributed by atoms with Gasteiger partial charge in [0.15, 0.2) is 0 Å². The molecule has 2 aromatic heterocycles. The fourth-order valence-corrected chi connectivity index (χ4v) is 2.57. The van der Waals surface area contributed by atoms with Gasteiger partial charge in [-0.1, -0.05) is 0 Å². The summed E-state index contributed by atoms with van der Waals surface area (Å²) in [5.41, 5.74) is 1.65. The number of carbonyl (C=O) groups is 1. The van der Waals surface area contributed by atoms with Gasteiger partial charge in [-0.25, -0.2) is 0 Å². The Kier molecular flexibility index (Phi) is 3.36. The summed E-state index contributed by atoms with van der Waals surface area (Å²) in [6.45, 7) is 1.89. The first-order chi connectivity index (χ1) is 7.65. The smallest absolute Gasteiger partial charge is 0.265 e. The molecule has 5 heteroatoms. The predicted molar refractivity (Wildman–Crippen MR) is 68.9 cm³/mol. The van der Waals surface area contributed by atoms with Gasteiger partial charge in [-0.2, -0.15) is 0 Å². The number of pyridine rings is 1. The quantitative estimate of drug-likeness (QED) is 0.922. The van der Waals surface area contributed by atoms with E-state index in [0.29, 0.717) is 4.88 Å². The molecule has 16 heavy (non-hydrogen) atoms. The Labute approximate surface area is 106 Å². The van der Waals surface area contributed by atoms with Crippen molar-refractivity contribution in [2.45, 2.75) is 6.92 Å². The molecule has 3 nitrogen and oxygen atoms in total. The van der Waals surface area contributed by atoms with Gasteiger partial charge in [0.1, 0.15) is 0 Å². The first kappa shape index (κ1) is 11.3. The Morgan fingerprint density at radius 1 is 1.50 bits per heavy atom. The number of hydrogen-bond donors (Lipinski definition) is 1. The lowest BCUT2D eigenvalue weighted by atomic mass is 10.3. The lowest BCUT2D eigenvalue weighted by Crippen LogP contribution is -2.10. The van der Waals surface area contributed by atoms with Crippen LogP contribution in [0.15, 0.2) is 34.2 Å². The van der Waals surface area contributed by atoms with E-state index in [1.807, 2.05) is 18.4 Å². The number of halogens is 1. The molecule has 0 aromatic carbocycles. The van der Waals surface area contributed by atoms with E-state index in [1.54, 1.807) is 18.3 Å². The van der Waals surface area contributed by atoms with E-state index in [2.05, 4.69) is 26.2 Å². The van der Waals surface area contributed by atoms with E-state index in [9.17, 15) is 4.79 Å². The number of amides is 1. The fourth-order valence-electron chi connectivity index (χ4n) is 1.25. The zero-order valence-corrected chi connectivity index (χ0v) is 10.9. The maximum atomic E-state index is 11.8. The molecule has 2 heterocycles. The van der Waals surface area contributed by atoms with Crippen LogP contribution in [-0.2, 0) is 0 Å². The van der Waals surface area contributed by atoms with Crippen molar-refractivity contribution in [1.29, 1.82) is 0 Å². The molecule has 1 N–H and O–H groups in total. The minimum absolute atomic E-state index is 0.0960. The number of aromatic nitrogens is 1. The van der Waals surface area contributed by atoms with E-state index in [0.717, 1.165) is 15.9 Å². The summed E-state index contributed by atoms with van der Waals surface area (Å²) in [5.74, 6) is -0.0960. The first-order valence-electron chi connectivity index (χ1n) is 4.63. The number of hydrogen-bond acceptors (Lipinski definition) is 3. The van der Waals surface area contributed by atoms with Crippen LogP contribution >= 0.6 is 27.3 Å². The number of aryl methyl sites for hydroxylation is 1. The summed E-state index contributed by atoms with van der Waals surface area (Å²) in [5, 5.41) is 4.70. The van der Waals surface area contributed by atoms with Gasteiger partial charge in [0.25, 0.3) is 5.91 Å². The molecule has 2 rings (SSSR count). The Bertz CT molecular complexity index is 524. The maximum absolute atomic E-state index is 11.8. The van der Waals surface area contributed by atoms with E-state index in [4.69, 9.17) is 0 Å². The molecule has 0 unspecified atom stereocenters. The second-order valence-electron chi connectivity index (χ2n) is 3.27. The Morgan fingerprint density at radius 3 is 2.94 bits per heavy atom. The molecule has 1 amide bonds. The van der Waals surface area contributed by atoms with Crippen LogP contribution in [0.3, 0.4) is 0 Å². The van der Waals surface area contributed by atoms with Crippen molar-refractivity contribution in [2.75, 3.05) is 5.32 Å². The van der Waals surface area contributed by atoms with Gasteiger partial charge in [0.2, 0.25) is 0 Å². The van der Waals surface area contributed by atoms with Gasteiger partial charge < -0.3 is 5.32 Å². The topological polar surface area (TPSA) is 42.0 Å². The molecule has 0 aliphatic rings. The number of nitrogens with zero attached hydrogens (tertiary/aromatic N) is 1. The minimum atomic E-state index is -0.0960. The third kappa shape index (κ3) is 2.68. The van der Waals surface area contributed by atoms with Crippen LogP contribution < -0.4 is 5.32 Å². The van der Waals surface area contributed by atoms with Gasteiger partial charge in [0.05, 0.1) is 4.88 Å². The van der Waals surface area contributed by atoms with Crippen molar-refractivity contribution in [1.82, 2.24) is 4.98 Å². The molecular formula is C11H9BrN2OS. The number of thiophene rings is 1. The Morgan fingerprint density at radius 2 is 2.31 bits per heavy atom. The third-order valence-corrected chi connectivity index (χ3v) is 3.64. The average Bonchev–Trinajstić information content (AvgIpc) is 2.65. The normalized spacial score (nSPS) is 10.1. The second-order valence-corrected chi connectivity index (χ2v) is 5.10. The van der Waals surface area contributed by atoms with Crippen molar-refractivity contribution in [3.63, 3.8) is 0 Å². The van der Waals surface area contributed by atoms with Crippen LogP contribution in [-0.4, -0.2) is 10.9 Å². The summed E-state index contributed by atoms with van der Waals surface area (Å²) < 4.78 is 0.925. The monoisotopic (exact) mass is 296 g/mol. The number of anilines is 1. The van der Waals surface area contributed by atoms with Crippen LogP contribution in [0.25, 0.3) is 0 Å². The molecule has 82 valence electrons. The highest BCUT2D eigenvalue weighted by Crippen LogP contribution is 2.20. The lowest BCUT2D eigenvalue weighted by Gasteiger charge is -2.03. The zero-order valence-electron chi connectivity index (χ0n) is 8.53. The van der Waals surface area contributed by atoms with Gasteiger partial charge in [-0.3, -0.25) is 9.78 Å². The van der Waals surface area contributed by atoms with E-state index < -0.39 is 0 Å². The van der Waals surface area contributed by atoms with Crippen molar-refractivity contribution < 1.29 is 4.79 Å². The molecule has 2 aromatic rings. The number of nitrogens with one attached hydrogen (secondary N) is 1. The second kappa shape index (κ2) is 4.76. The highest BCUT2D eigenvalue weighted by molar-refractivity contribution is 9.10. The van der Waals surface area contributed by atoms with E-state index >= 15 is 0 Å². The van der Waals surface area contributed by atoms with Crippen molar-refractivity contribution in [3.05, 3.63) is 44.8 Å². The van der Waals surface area contributed by atoms with Crippen LogP contribution in [0.1, 0.15) is 15.4 Å². The molecule has 0 saturated carbocycles. The van der Waals surface area contributed by atoms with Gasteiger partial charge in [0, 0.05) is 27.4 Å². The van der Waals surface area contributed by atoms with E-state index in [-0.39, 0.29) is 5.91 Å². The predicted octanol–water partition coefficient (Wildman–Crippen LogP) is 3.47. The van der Waals surface area contributed by atoms with Crippen LogP contribution in [0.5, 0.6) is 0 Å². The molecule has 0 radical (unpaired) electrons. The fraction of sp³-hybridized carbons (Fsp3) is 0.0909. The highest BCUT2D eigenvalue weighted by Gasteiger charge is 2.08. The maximum Gasteiger partial charge on any atom is 0.265 e. The summed E-state index contributed by atoms with van der Waals surface area (Å²) in [4.78, 5) is 16.5. The number of carbonyl (C=O) groups excluding carboxylic acids is 1. The van der Waals surface area contributed by atoms with Crippen LogP contribution in [0.2, 0.25) is 0 Å². The van der Waals surface area contributed by atoms with Crippen LogP contribution in [0, 0.1) is 6.92 Å². The summed E-state index contributed by atoms with van der Waals surface area (Å²) in [7, 11) is 0. The molecule has 0 fully saturated rings. The minimum Gasteiger partial charge on any atom is -0.321 e. The SMILES string of the molecule is Cc1cc(NC(=O)c2cc(Br)cs2)ccn1. The number of rotatable bonds is 2. The summed E-state index contributed by atoms with van der Waals surface area (Å²) in [6, 6.07) is 5.40. The van der Waals surface area contributed by atoms with Gasteiger partial charge in [-0.05, 0) is 41.1 Å². The third-order valence-electron chi connectivity index (χ3n) is 1.95. The van der Waals surface area contributed by atoms with Crippen LogP contribution in [0.4, 0.5) is 5.69 Å². The highest BCUT2D eigenvalue weighted by atomic mass is 79.9. The van der Waals surface area contributed by atoms with Crippen molar-refractivity contribution in [2.24, 2.45) is 0 Å². The summed E-state index contributed by atoms with van der Waals surface area (Å²) >= 11 is 4.72. The van der Waals surface area contributed by atoms with E-state index in [1.165, 1.54) is 11.3 Å². The molecule has 0 aliphatic heterocycles. The summed E-state index contributed by atoms with van der Waals surface area (Å²) in [6.07, 6.45) is 1.68. The van der Waals surface area contributed by atoms with Gasteiger partial charge in [-0.15, -0.1) is 11.3 Å². The Balaban J connectivity index is 2.13. The standard InChI is InChI=1S/C11H9BrN2OS/c1-7-4-9(2-3-13-7)14-11(15)10-5-8(12)6-16-10/h2-6H,1H3,(H,13,14,15). The molecule has 0 saturated heterocycles. The molecule has 0 bridgehead atoms. The lowest BCUT2D eigenvalue weighted by molar-refractivity contribution is 0.103. The average molecular weight is 297 g/mol. The molecule has 0 atom stereocenters. The Hall–Kier alpha value is -1.20. The largest absolute Gasteiger partial charge is 0.321 e. The van der Waals surface area contributed by atoms with Gasteiger partial charge >= 0.3 is 0 Å². The first-order valence-corrected chi connectivity index (χ1v) is 6.30. The molecule has 0 aliphatic carbocycles. The zero-order chi connectivity index (χ0) is 11.5. The molecular weight excluding hydrogens is 288 g/mol.